The lowest BCUT2D eigenvalue weighted by Gasteiger charge is -2.16. The highest BCUT2D eigenvalue weighted by atomic mass is 19.1. The summed E-state index contributed by atoms with van der Waals surface area (Å²) in [5.74, 6) is -3.22. The molecule has 4 aromatic rings. The number of nitrogens with zero attached hydrogens (tertiary/aromatic N) is 6. The van der Waals surface area contributed by atoms with Crippen LogP contribution >= 0.6 is 0 Å². The van der Waals surface area contributed by atoms with E-state index in [0.29, 0.717) is 0 Å². The molecule has 0 unspecified atom stereocenters. The van der Waals surface area contributed by atoms with Crippen molar-refractivity contribution in [2.24, 2.45) is 0 Å². The highest BCUT2D eigenvalue weighted by molar-refractivity contribution is 6.12. The van der Waals surface area contributed by atoms with Gasteiger partial charge >= 0.3 is 0 Å². The minimum Gasteiger partial charge on any atom is -0.207 e. The summed E-state index contributed by atoms with van der Waals surface area (Å²) in [7, 11) is 0. The van der Waals surface area contributed by atoms with Crippen molar-refractivity contribution in [2.75, 3.05) is 0 Å². The van der Waals surface area contributed by atoms with E-state index in [9.17, 15) is 49.1 Å². The summed E-state index contributed by atoms with van der Waals surface area (Å²) >= 11 is 0. The molecule has 50 heavy (non-hydrogen) atoms. The first-order valence-electron chi connectivity index (χ1n) is 14.5. The molecular formula is C40H14F4N6. The summed E-state index contributed by atoms with van der Waals surface area (Å²) in [6.45, 7) is 0. The molecule has 0 heterocycles. The molecule has 10 heteroatoms. The normalized spacial score (nSPS) is 14.9. The molecule has 0 bridgehead atoms. The fraction of sp³-hybridized carbons (Fsp3) is 0. The summed E-state index contributed by atoms with van der Waals surface area (Å²) in [5.41, 5.74) is 0.801. The van der Waals surface area contributed by atoms with Gasteiger partial charge in [0.15, 0.2) is 0 Å². The number of nitriles is 6. The predicted molar refractivity (Wildman–Crippen MR) is 173 cm³/mol. The van der Waals surface area contributed by atoms with E-state index in [-0.39, 0.29) is 89.1 Å². The first-order chi connectivity index (χ1) is 24.2. The molecule has 0 fully saturated rings. The fourth-order valence-corrected chi connectivity index (χ4v) is 6.00. The van der Waals surface area contributed by atoms with E-state index in [1.54, 1.807) is 24.3 Å². The van der Waals surface area contributed by atoms with Crippen molar-refractivity contribution in [3.05, 3.63) is 175 Å². The van der Waals surface area contributed by atoms with Crippen LogP contribution in [-0.2, 0) is 0 Å². The number of allylic oxidation sites excluding steroid dienone is 10. The van der Waals surface area contributed by atoms with Gasteiger partial charge in [-0.15, -0.1) is 0 Å². The third-order valence-corrected chi connectivity index (χ3v) is 8.21. The molecule has 0 saturated heterocycles. The lowest BCUT2D eigenvalue weighted by atomic mass is 9.85. The van der Waals surface area contributed by atoms with Crippen LogP contribution in [0.5, 0.6) is 0 Å². The number of hydrogen-bond donors (Lipinski definition) is 0. The van der Waals surface area contributed by atoms with E-state index in [1.165, 1.54) is 36.4 Å². The van der Waals surface area contributed by atoms with Crippen LogP contribution in [0.1, 0.15) is 44.5 Å². The van der Waals surface area contributed by atoms with Crippen LogP contribution < -0.4 is 0 Å². The Morgan fingerprint density at radius 2 is 0.820 bits per heavy atom. The minimum atomic E-state index is -0.904. The van der Waals surface area contributed by atoms with E-state index >= 15 is 0 Å². The molecule has 0 aliphatic heterocycles. The Kier molecular flexibility index (Phi) is 8.24. The molecule has 0 atom stereocenters. The number of hydrogen-bond acceptors (Lipinski definition) is 6. The Labute approximate surface area is 282 Å². The van der Waals surface area contributed by atoms with Gasteiger partial charge in [-0.2, -0.15) is 31.6 Å². The van der Waals surface area contributed by atoms with Crippen molar-refractivity contribution in [2.45, 2.75) is 0 Å². The first kappa shape index (κ1) is 32.2. The Morgan fingerprint density at radius 3 is 1.14 bits per heavy atom. The van der Waals surface area contributed by atoms with Crippen LogP contribution in [0.15, 0.2) is 107 Å². The predicted octanol–water partition coefficient (Wildman–Crippen LogP) is 8.48. The van der Waals surface area contributed by atoms with Gasteiger partial charge in [0.1, 0.15) is 47.5 Å². The molecule has 2 aliphatic rings. The average molecular weight is 655 g/mol. The zero-order valence-corrected chi connectivity index (χ0v) is 25.3. The molecule has 2 aliphatic carbocycles. The topological polar surface area (TPSA) is 143 Å². The average Bonchev–Trinajstić information content (AvgIpc) is 3.65. The Balaban J connectivity index is 1.77. The molecule has 6 rings (SSSR count). The van der Waals surface area contributed by atoms with Gasteiger partial charge in [0.25, 0.3) is 0 Å². The maximum atomic E-state index is 14.9. The standard InChI is InChI=1S/C40H14F4N6/c41-27-5-7-29(25(9-27)17-47)31-13-34-33(39(31)35(19-49)21-1-3-23(15-45)37(43)11-21)14-32(30-8-6-28(42)10-26(30)18-48)40(34)36(20-50)22-2-4-24(16-46)38(44)12-22/h1-14H/b39-35-,40-36-. The SMILES string of the molecule is N#C/C(=C1\C(c2ccc(F)cc2C#N)=CC2=C1C=C(c1ccc(F)cc1C#N)/C2=C(\C#N)c1ccc(C#N)c(F)c1)c1ccc(C#N)c(F)c1. The summed E-state index contributed by atoms with van der Waals surface area (Å²) < 4.78 is 58.5. The zero-order chi connectivity index (χ0) is 35.7. The van der Waals surface area contributed by atoms with E-state index < -0.39 is 23.3 Å². The van der Waals surface area contributed by atoms with Crippen molar-refractivity contribution in [3.8, 4) is 36.4 Å². The summed E-state index contributed by atoms with van der Waals surface area (Å²) in [6.07, 6.45) is 3.09. The van der Waals surface area contributed by atoms with Gasteiger partial charge < -0.3 is 0 Å². The quantitative estimate of drug-likeness (QED) is 0.160. The molecule has 0 radical (unpaired) electrons. The Bertz CT molecular complexity index is 2470. The van der Waals surface area contributed by atoms with E-state index in [4.69, 9.17) is 0 Å². The largest absolute Gasteiger partial charge is 0.207 e. The number of halogens is 4. The van der Waals surface area contributed by atoms with Crippen LogP contribution in [0.25, 0.3) is 22.3 Å². The van der Waals surface area contributed by atoms with Gasteiger partial charge in [-0.25, -0.2) is 17.6 Å². The van der Waals surface area contributed by atoms with Crippen LogP contribution in [-0.4, -0.2) is 0 Å². The van der Waals surface area contributed by atoms with Gasteiger partial charge in [0.2, 0.25) is 0 Å². The van der Waals surface area contributed by atoms with E-state index in [0.717, 1.165) is 36.4 Å². The highest BCUT2D eigenvalue weighted by Gasteiger charge is 2.36. The van der Waals surface area contributed by atoms with Gasteiger partial charge in [-0.3, -0.25) is 0 Å². The molecular weight excluding hydrogens is 640 g/mol. The molecule has 0 N–H and O–H groups in total. The van der Waals surface area contributed by atoms with Crippen LogP contribution in [0.4, 0.5) is 17.6 Å². The molecule has 0 saturated carbocycles. The van der Waals surface area contributed by atoms with Crippen molar-refractivity contribution in [1.82, 2.24) is 0 Å². The second kappa shape index (κ2) is 12.8. The Morgan fingerprint density at radius 1 is 0.440 bits per heavy atom. The van der Waals surface area contributed by atoms with E-state index in [2.05, 4.69) is 12.1 Å². The smallest absolute Gasteiger partial charge is 0.141 e. The molecule has 6 nitrogen and oxygen atoms in total. The summed E-state index contributed by atoms with van der Waals surface area (Å²) in [6, 6.07) is 25.5. The third-order valence-electron chi connectivity index (χ3n) is 8.21. The second-order valence-corrected chi connectivity index (χ2v) is 10.9. The summed E-state index contributed by atoms with van der Waals surface area (Å²) in [5, 5.41) is 59.7. The first-order valence-corrected chi connectivity index (χ1v) is 14.5. The van der Waals surface area contributed by atoms with Gasteiger partial charge in [-0.1, -0.05) is 24.3 Å². The van der Waals surface area contributed by atoms with Crippen molar-refractivity contribution < 1.29 is 17.6 Å². The van der Waals surface area contributed by atoms with Crippen LogP contribution in [0.2, 0.25) is 0 Å². The highest BCUT2D eigenvalue weighted by Crippen LogP contribution is 2.54. The molecule has 0 spiro atoms. The maximum Gasteiger partial charge on any atom is 0.141 e. The van der Waals surface area contributed by atoms with Gasteiger partial charge in [0, 0.05) is 22.3 Å². The van der Waals surface area contributed by atoms with Gasteiger partial charge in [-0.05, 0) is 94.1 Å². The lowest BCUT2D eigenvalue weighted by Crippen LogP contribution is -2.00. The molecule has 0 aromatic heterocycles. The fourth-order valence-electron chi connectivity index (χ4n) is 6.00. The van der Waals surface area contributed by atoms with Gasteiger partial charge in [0.05, 0.1) is 45.5 Å². The van der Waals surface area contributed by atoms with Crippen LogP contribution in [0.3, 0.4) is 0 Å². The number of benzene rings is 4. The van der Waals surface area contributed by atoms with Crippen LogP contribution in [0, 0.1) is 91.3 Å². The molecule has 232 valence electrons. The maximum absolute atomic E-state index is 14.9. The number of rotatable bonds is 4. The van der Waals surface area contributed by atoms with Crippen molar-refractivity contribution in [3.63, 3.8) is 0 Å². The second-order valence-electron chi connectivity index (χ2n) is 10.9. The molecule has 4 aromatic carbocycles. The lowest BCUT2D eigenvalue weighted by molar-refractivity contribution is 0.623. The van der Waals surface area contributed by atoms with E-state index in [1.807, 2.05) is 12.1 Å². The van der Waals surface area contributed by atoms with Crippen molar-refractivity contribution >= 4 is 22.3 Å². The summed E-state index contributed by atoms with van der Waals surface area (Å²) in [4.78, 5) is 0. The Hall–Kier alpha value is -7.76. The zero-order valence-electron chi connectivity index (χ0n) is 25.3. The monoisotopic (exact) mass is 654 g/mol. The third kappa shape index (κ3) is 5.29. The van der Waals surface area contributed by atoms with Crippen molar-refractivity contribution in [1.29, 1.82) is 31.6 Å². The minimum absolute atomic E-state index is 0.0563. The molecule has 0 amide bonds.